The molecule has 6 heteroatoms. The molecular weight excluding hydrogens is 477 g/mol. The number of carbonyl (C=O) groups is 2. The summed E-state index contributed by atoms with van der Waals surface area (Å²) in [5.41, 5.74) is 3.13. The van der Waals surface area contributed by atoms with Crippen LogP contribution in [0.3, 0.4) is 0 Å². The maximum Gasteiger partial charge on any atom is 0.251 e. The third-order valence-corrected chi connectivity index (χ3v) is 5.09. The van der Waals surface area contributed by atoms with Gasteiger partial charge in [-0.05, 0) is 83.6 Å². The van der Waals surface area contributed by atoms with Crippen molar-refractivity contribution >= 4 is 45.8 Å². The zero-order valence-electron chi connectivity index (χ0n) is 16.0. The van der Waals surface area contributed by atoms with Crippen LogP contribution < -0.4 is 16.0 Å². The summed E-state index contributed by atoms with van der Waals surface area (Å²) in [7, 11) is 0. The molecule has 0 saturated carbocycles. The first-order chi connectivity index (χ1) is 14.0. The Morgan fingerprint density at radius 2 is 1.48 bits per heavy atom. The van der Waals surface area contributed by atoms with Gasteiger partial charge in [0.15, 0.2) is 0 Å². The highest BCUT2D eigenvalue weighted by molar-refractivity contribution is 14.1. The molecule has 0 radical (unpaired) electrons. The number of carbonyl (C=O) groups excluding carboxylic acids is 2. The van der Waals surface area contributed by atoms with E-state index in [0.29, 0.717) is 11.3 Å². The number of benzene rings is 3. The molecule has 1 unspecified atom stereocenters. The van der Waals surface area contributed by atoms with E-state index in [2.05, 4.69) is 38.5 Å². The van der Waals surface area contributed by atoms with Crippen LogP contribution in [0.25, 0.3) is 0 Å². The van der Waals surface area contributed by atoms with E-state index in [9.17, 15) is 9.59 Å². The maximum atomic E-state index is 12.4. The van der Waals surface area contributed by atoms with Gasteiger partial charge in [0.1, 0.15) is 0 Å². The average Bonchev–Trinajstić information content (AvgIpc) is 2.74. The number of halogens is 1. The number of rotatable bonds is 7. The first-order valence-electron chi connectivity index (χ1n) is 9.26. The molecule has 0 aromatic heterocycles. The van der Waals surface area contributed by atoms with Gasteiger partial charge in [-0.2, -0.15) is 0 Å². The number of amides is 2. The molecule has 3 aromatic rings. The van der Waals surface area contributed by atoms with Crippen LogP contribution in [0.4, 0.5) is 11.4 Å². The highest BCUT2D eigenvalue weighted by atomic mass is 127. The summed E-state index contributed by atoms with van der Waals surface area (Å²) in [4.78, 5) is 24.6. The standard InChI is InChI=1S/C23H22IN3O2/c1-16(17-5-3-2-4-6-17)26-23(29)18-7-11-21(12-8-18)27-22(28)15-25-20-13-9-19(24)10-14-20/h2-14,16,25H,15H2,1H3,(H,26,29)(H,27,28). The molecule has 3 N–H and O–H groups in total. The van der Waals surface area contributed by atoms with Crippen LogP contribution in [-0.2, 0) is 4.79 Å². The smallest absolute Gasteiger partial charge is 0.251 e. The van der Waals surface area contributed by atoms with Gasteiger partial charge in [-0.1, -0.05) is 30.3 Å². The van der Waals surface area contributed by atoms with Crippen LogP contribution in [0.5, 0.6) is 0 Å². The fourth-order valence-electron chi connectivity index (χ4n) is 2.77. The largest absolute Gasteiger partial charge is 0.376 e. The monoisotopic (exact) mass is 499 g/mol. The molecule has 0 bridgehead atoms. The van der Waals surface area contributed by atoms with E-state index >= 15 is 0 Å². The average molecular weight is 499 g/mol. The number of hydrogen-bond acceptors (Lipinski definition) is 3. The van der Waals surface area contributed by atoms with E-state index in [1.54, 1.807) is 24.3 Å². The quantitative estimate of drug-likeness (QED) is 0.408. The lowest BCUT2D eigenvalue weighted by molar-refractivity contribution is -0.114. The van der Waals surface area contributed by atoms with E-state index in [1.165, 1.54) is 0 Å². The highest BCUT2D eigenvalue weighted by Crippen LogP contribution is 2.15. The Morgan fingerprint density at radius 1 is 0.862 bits per heavy atom. The van der Waals surface area contributed by atoms with Crippen LogP contribution >= 0.6 is 22.6 Å². The van der Waals surface area contributed by atoms with Gasteiger partial charge in [0.2, 0.25) is 5.91 Å². The SMILES string of the molecule is CC(NC(=O)c1ccc(NC(=O)CNc2ccc(I)cc2)cc1)c1ccccc1. The van der Waals surface area contributed by atoms with Crippen LogP contribution in [0.15, 0.2) is 78.9 Å². The molecule has 0 heterocycles. The van der Waals surface area contributed by atoms with Crippen molar-refractivity contribution in [3.05, 3.63) is 93.6 Å². The summed E-state index contributed by atoms with van der Waals surface area (Å²) in [5, 5.41) is 8.88. The van der Waals surface area contributed by atoms with Crippen LogP contribution in [-0.4, -0.2) is 18.4 Å². The van der Waals surface area contributed by atoms with Gasteiger partial charge in [-0.3, -0.25) is 9.59 Å². The molecule has 0 spiro atoms. The van der Waals surface area contributed by atoms with Gasteiger partial charge < -0.3 is 16.0 Å². The number of nitrogens with one attached hydrogen (secondary N) is 3. The molecule has 148 valence electrons. The Balaban J connectivity index is 1.50. The van der Waals surface area contributed by atoms with Crippen LogP contribution in [0.1, 0.15) is 28.9 Å². The van der Waals surface area contributed by atoms with Crippen molar-refractivity contribution in [3.8, 4) is 0 Å². The van der Waals surface area contributed by atoms with Crippen molar-refractivity contribution in [1.29, 1.82) is 0 Å². The molecule has 3 aromatic carbocycles. The van der Waals surface area contributed by atoms with Crippen molar-refractivity contribution in [2.24, 2.45) is 0 Å². The second kappa shape index (κ2) is 10.1. The van der Waals surface area contributed by atoms with Crippen molar-refractivity contribution in [1.82, 2.24) is 5.32 Å². The summed E-state index contributed by atoms with van der Waals surface area (Å²) in [6, 6.07) is 24.4. The summed E-state index contributed by atoms with van der Waals surface area (Å²) in [6.07, 6.45) is 0. The molecule has 0 aliphatic rings. The van der Waals surface area contributed by atoms with Gasteiger partial charge in [0.25, 0.3) is 5.91 Å². The van der Waals surface area contributed by atoms with Crippen molar-refractivity contribution in [3.63, 3.8) is 0 Å². The topological polar surface area (TPSA) is 70.2 Å². The Hall–Kier alpha value is -2.87. The Labute approximate surface area is 184 Å². The minimum Gasteiger partial charge on any atom is -0.376 e. The molecule has 29 heavy (non-hydrogen) atoms. The van der Waals surface area contributed by atoms with Gasteiger partial charge >= 0.3 is 0 Å². The fraction of sp³-hybridized carbons (Fsp3) is 0.130. The second-order valence-electron chi connectivity index (χ2n) is 6.59. The molecule has 3 rings (SSSR count). The third kappa shape index (κ3) is 6.32. The lowest BCUT2D eigenvalue weighted by Gasteiger charge is -2.14. The van der Waals surface area contributed by atoms with Crippen LogP contribution in [0.2, 0.25) is 0 Å². The van der Waals surface area contributed by atoms with Gasteiger partial charge in [-0.25, -0.2) is 0 Å². The molecular formula is C23H22IN3O2. The first kappa shape index (κ1) is 20.9. The van der Waals surface area contributed by atoms with E-state index < -0.39 is 0 Å². The lowest BCUT2D eigenvalue weighted by atomic mass is 10.1. The number of hydrogen-bond donors (Lipinski definition) is 3. The molecule has 1 atom stereocenters. The zero-order chi connectivity index (χ0) is 20.6. The van der Waals surface area contributed by atoms with Crippen molar-refractivity contribution in [2.45, 2.75) is 13.0 Å². The minimum absolute atomic E-state index is 0.0876. The molecule has 0 aliphatic carbocycles. The summed E-state index contributed by atoms with van der Waals surface area (Å²) < 4.78 is 1.14. The Bertz CT molecular complexity index is 958. The predicted molar refractivity (Wildman–Crippen MR) is 125 cm³/mol. The van der Waals surface area contributed by atoms with Crippen LogP contribution in [0, 0.1) is 3.57 Å². The molecule has 5 nitrogen and oxygen atoms in total. The Kier molecular flexibility index (Phi) is 7.24. The molecule has 0 aliphatic heterocycles. The first-order valence-corrected chi connectivity index (χ1v) is 10.3. The molecule has 0 saturated heterocycles. The molecule has 2 amide bonds. The van der Waals surface area contributed by atoms with Crippen molar-refractivity contribution < 1.29 is 9.59 Å². The minimum atomic E-state index is -0.154. The summed E-state index contributed by atoms with van der Waals surface area (Å²) >= 11 is 2.23. The van der Waals surface area contributed by atoms with Gasteiger partial charge in [0.05, 0.1) is 12.6 Å². The van der Waals surface area contributed by atoms with E-state index in [0.717, 1.165) is 14.8 Å². The summed E-state index contributed by atoms with van der Waals surface area (Å²) in [5.74, 6) is -0.307. The van der Waals surface area contributed by atoms with Gasteiger partial charge in [-0.15, -0.1) is 0 Å². The second-order valence-corrected chi connectivity index (χ2v) is 7.84. The number of anilines is 2. The zero-order valence-corrected chi connectivity index (χ0v) is 18.1. The lowest BCUT2D eigenvalue weighted by Crippen LogP contribution is -2.26. The highest BCUT2D eigenvalue weighted by Gasteiger charge is 2.11. The van der Waals surface area contributed by atoms with Crippen molar-refractivity contribution in [2.75, 3.05) is 17.2 Å². The predicted octanol–water partition coefficient (Wildman–Crippen LogP) is 4.83. The maximum absolute atomic E-state index is 12.4. The van der Waals surface area contributed by atoms with Gasteiger partial charge in [0, 0.05) is 20.5 Å². The fourth-order valence-corrected chi connectivity index (χ4v) is 3.12. The molecule has 0 fully saturated rings. The van der Waals surface area contributed by atoms with E-state index in [1.807, 2.05) is 61.5 Å². The normalized spacial score (nSPS) is 11.4. The third-order valence-electron chi connectivity index (χ3n) is 4.38. The van der Waals surface area contributed by atoms with E-state index in [4.69, 9.17) is 0 Å². The summed E-state index contributed by atoms with van der Waals surface area (Å²) in [6.45, 7) is 2.11. The Morgan fingerprint density at radius 3 is 2.14 bits per heavy atom. The van der Waals surface area contributed by atoms with E-state index in [-0.39, 0.29) is 24.4 Å².